The summed E-state index contributed by atoms with van der Waals surface area (Å²) in [6.45, 7) is 15.3. The van der Waals surface area contributed by atoms with Gasteiger partial charge in [0, 0.05) is 0 Å². The molecule has 0 fully saturated rings. The quantitative estimate of drug-likeness (QED) is 0.321. The van der Waals surface area contributed by atoms with Gasteiger partial charge in [0.2, 0.25) is 5.41 Å². The first kappa shape index (κ1) is 23.6. The van der Waals surface area contributed by atoms with E-state index < -0.39 is 31.0 Å². The predicted molar refractivity (Wildman–Crippen MR) is 102 cm³/mol. The maximum absolute atomic E-state index is 12.4. The lowest BCUT2D eigenvalue weighted by Crippen LogP contribution is -2.44. The molecular weight excluding hydrogens is 344 g/mol. The molecule has 0 aliphatic heterocycles. The Morgan fingerprint density at radius 3 is 1.77 bits per heavy atom. The van der Waals surface area contributed by atoms with E-state index in [0.717, 1.165) is 0 Å². The van der Waals surface area contributed by atoms with Gasteiger partial charge in [-0.2, -0.15) is 15.8 Å². The number of carbonyl (C=O) groups is 1. The Hall–Kier alpha value is -2.39. The molecule has 0 aromatic rings. The molecule has 0 saturated heterocycles. The van der Waals surface area contributed by atoms with Crippen molar-refractivity contribution in [3.8, 4) is 18.2 Å². The highest BCUT2D eigenvalue weighted by Crippen LogP contribution is 2.45. The second kappa shape index (κ2) is 7.88. The summed E-state index contributed by atoms with van der Waals surface area (Å²) in [6.07, 6.45) is 0. The highest BCUT2D eigenvalue weighted by Gasteiger charge is 2.54. The van der Waals surface area contributed by atoms with E-state index >= 15 is 0 Å². The summed E-state index contributed by atoms with van der Waals surface area (Å²) in [5.41, 5.74) is -3.07. The summed E-state index contributed by atoms with van der Waals surface area (Å²) in [6, 6.07) is 5.65. The Kier molecular flexibility index (Phi) is 7.15. The Labute approximate surface area is 157 Å². The molecule has 0 spiro atoms. The fourth-order valence-electron chi connectivity index (χ4n) is 2.27. The summed E-state index contributed by atoms with van der Waals surface area (Å²) in [5.74, 6) is 0.800. The first-order valence-corrected chi connectivity index (χ1v) is 11.2. The molecule has 0 amide bonds. The lowest BCUT2D eigenvalue weighted by molar-refractivity contribution is -0.151. The zero-order valence-electron chi connectivity index (χ0n) is 17.2. The van der Waals surface area contributed by atoms with Crippen LogP contribution in [0.1, 0.15) is 41.5 Å². The molecule has 0 bridgehead atoms. The second-order valence-electron chi connectivity index (χ2n) is 8.87. The molecule has 140 valence electrons. The van der Waals surface area contributed by atoms with Crippen molar-refractivity contribution in [3.63, 3.8) is 0 Å². The lowest BCUT2D eigenvalue weighted by Gasteiger charge is -2.35. The first-order valence-electron chi connectivity index (χ1n) is 8.30. The maximum atomic E-state index is 12.4. The summed E-state index contributed by atoms with van der Waals surface area (Å²) in [7, 11) is -1.00. The number of nitriles is 3. The molecule has 0 N–H and O–H groups in total. The molecule has 0 saturated carbocycles. The molecule has 0 aromatic heterocycles. The van der Waals surface area contributed by atoms with Crippen LogP contribution in [0.5, 0.6) is 0 Å². The number of esters is 1. The average Bonchev–Trinajstić information content (AvgIpc) is 2.51. The minimum absolute atomic E-state index is 0.103. The van der Waals surface area contributed by atoms with Crippen LogP contribution in [0.2, 0.25) is 18.1 Å². The first-order chi connectivity index (χ1) is 11.6. The molecule has 26 heavy (non-hydrogen) atoms. The summed E-state index contributed by atoms with van der Waals surface area (Å²) >= 11 is 0. The van der Waals surface area contributed by atoms with Crippen LogP contribution >= 0.6 is 0 Å². The molecule has 0 aliphatic carbocycles. The maximum Gasteiger partial charge on any atom is 0.312 e. The highest BCUT2D eigenvalue weighted by molar-refractivity contribution is 6.79. The molecule has 7 heteroatoms. The topological polar surface area (TPSA) is 110 Å². The third-order valence-corrected chi connectivity index (χ3v) is 9.22. The predicted octanol–water partition coefficient (Wildman–Crippen LogP) is 3.98. The van der Waals surface area contributed by atoms with E-state index in [1.54, 1.807) is 20.8 Å². The number of allylic oxidation sites excluding steroid dienone is 1. The largest absolute Gasteiger partial charge is 0.469 e. The molecule has 1 atom stereocenters. The van der Waals surface area contributed by atoms with Gasteiger partial charge in [-0.1, -0.05) is 41.5 Å². The zero-order valence-corrected chi connectivity index (χ0v) is 18.2. The average molecular weight is 373 g/mol. The van der Waals surface area contributed by atoms with Gasteiger partial charge in [0.05, 0.1) is 25.2 Å². The number of carbonyl (C=O) groups excluding carboxylic acids is 1. The molecule has 0 rings (SSSR count). The van der Waals surface area contributed by atoms with Gasteiger partial charge in [0.1, 0.15) is 11.6 Å². The fourth-order valence-corrected chi connectivity index (χ4v) is 3.00. The standard InChI is InChI=1S/C19H28N4O2Si/c1-17(2,3)15(16(24)25-7)19(12-21,13-22)14(10-20)11-23-26(8,9)18(4,5)6/h15H,1-9H3. The van der Waals surface area contributed by atoms with E-state index in [1.165, 1.54) is 7.11 Å². The van der Waals surface area contributed by atoms with E-state index in [0.29, 0.717) is 0 Å². The van der Waals surface area contributed by atoms with E-state index in [4.69, 9.17) is 4.74 Å². The van der Waals surface area contributed by atoms with Crippen molar-refractivity contribution in [2.75, 3.05) is 7.11 Å². The SMILES string of the molecule is COC(=O)C(C(C)(C)C)C(C#N)(C#N)C(=C=N[Si](C)(C)C(C)(C)C)C#N. The van der Waals surface area contributed by atoms with Crippen molar-refractivity contribution in [2.45, 2.75) is 59.7 Å². The Morgan fingerprint density at radius 2 is 1.50 bits per heavy atom. The summed E-state index contributed by atoms with van der Waals surface area (Å²) in [5, 5.41) is 29.2. The second-order valence-corrected chi connectivity index (χ2v) is 13.7. The highest BCUT2D eigenvalue weighted by atomic mass is 28.3. The number of rotatable bonds is 4. The Bertz CT molecular complexity index is 729. The summed E-state index contributed by atoms with van der Waals surface area (Å²) in [4.78, 5) is 12.4. The van der Waals surface area contributed by atoms with Crippen molar-refractivity contribution < 1.29 is 9.53 Å². The van der Waals surface area contributed by atoms with Gasteiger partial charge < -0.3 is 4.74 Å². The smallest absolute Gasteiger partial charge is 0.312 e. The van der Waals surface area contributed by atoms with Crippen LogP contribution < -0.4 is 0 Å². The number of ether oxygens (including phenoxy) is 1. The number of hydrogen-bond donors (Lipinski definition) is 0. The lowest BCUT2D eigenvalue weighted by atomic mass is 9.62. The molecule has 6 nitrogen and oxygen atoms in total. The Morgan fingerprint density at radius 1 is 1.04 bits per heavy atom. The zero-order chi connectivity index (χ0) is 21.0. The minimum atomic E-state index is -2.20. The molecule has 1 unspecified atom stereocenters. The van der Waals surface area contributed by atoms with Gasteiger partial charge in [-0.3, -0.25) is 9.45 Å². The molecule has 0 heterocycles. The van der Waals surface area contributed by atoms with Gasteiger partial charge in [-0.05, 0) is 29.4 Å². The van der Waals surface area contributed by atoms with E-state index in [9.17, 15) is 20.6 Å². The fraction of sp³-hybridized carbons (Fsp3) is 0.684. The van der Waals surface area contributed by atoms with Gasteiger partial charge >= 0.3 is 5.97 Å². The summed E-state index contributed by atoms with van der Waals surface area (Å²) < 4.78 is 9.31. The third kappa shape index (κ3) is 4.61. The minimum Gasteiger partial charge on any atom is -0.469 e. The van der Waals surface area contributed by atoms with Crippen LogP contribution in [0.25, 0.3) is 0 Å². The van der Waals surface area contributed by atoms with Crippen molar-refractivity contribution in [3.05, 3.63) is 5.57 Å². The number of hydrogen-bond acceptors (Lipinski definition) is 6. The van der Waals surface area contributed by atoms with Crippen LogP contribution in [-0.4, -0.2) is 27.2 Å². The third-order valence-electron chi connectivity index (χ3n) is 4.88. The van der Waals surface area contributed by atoms with Crippen molar-refractivity contribution in [2.24, 2.45) is 21.4 Å². The molecular formula is C19H28N4O2Si. The van der Waals surface area contributed by atoms with Crippen LogP contribution in [0.15, 0.2) is 10.2 Å². The van der Waals surface area contributed by atoms with E-state index in [1.807, 2.05) is 52.1 Å². The van der Waals surface area contributed by atoms with Gasteiger partial charge in [-0.25, -0.2) is 0 Å². The number of methoxy groups -OCH3 is 1. The van der Waals surface area contributed by atoms with Gasteiger partial charge in [-0.15, -0.1) is 0 Å². The monoisotopic (exact) mass is 372 g/mol. The van der Waals surface area contributed by atoms with Crippen LogP contribution in [-0.2, 0) is 9.53 Å². The van der Waals surface area contributed by atoms with Crippen molar-refractivity contribution in [1.29, 1.82) is 15.8 Å². The van der Waals surface area contributed by atoms with Crippen LogP contribution in [0.4, 0.5) is 0 Å². The number of nitrogens with zero attached hydrogens (tertiary/aromatic N) is 4. The van der Waals surface area contributed by atoms with Gasteiger partial charge in [0.25, 0.3) is 0 Å². The normalized spacial score (nSPS) is 13.3. The van der Waals surface area contributed by atoms with Crippen LogP contribution in [0.3, 0.4) is 0 Å². The van der Waals surface area contributed by atoms with E-state index in [-0.39, 0.29) is 10.6 Å². The molecule has 0 aliphatic rings. The van der Waals surface area contributed by atoms with E-state index in [2.05, 4.69) is 10.5 Å². The molecule has 0 radical (unpaired) electrons. The van der Waals surface area contributed by atoms with Crippen molar-refractivity contribution >= 4 is 20.1 Å². The molecule has 0 aromatic carbocycles. The van der Waals surface area contributed by atoms with Gasteiger partial charge in [0.15, 0.2) is 8.24 Å². The van der Waals surface area contributed by atoms with Crippen LogP contribution in [0, 0.1) is 50.7 Å². The van der Waals surface area contributed by atoms with Crippen molar-refractivity contribution in [1.82, 2.24) is 0 Å². The Balaban J connectivity index is 6.85.